The van der Waals surface area contributed by atoms with Crippen LogP contribution in [0.15, 0.2) is 67.0 Å². The molecule has 0 amide bonds. The molecule has 4 rings (SSSR count). The quantitative estimate of drug-likeness (QED) is 0.134. The second-order valence-corrected chi connectivity index (χ2v) is 6.46. The first-order chi connectivity index (χ1) is 14.8. The average molecular weight is 724 g/mol. The number of benzene rings is 2. The van der Waals surface area contributed by atoms with E-state index in [1.807, 2.05) is 0 Å². The van der Waals surface area contributed by atoms with Crippen molar-refractivity contribution in [2.75, 3.05) is 11.5 Å². The number of nitrogens with two attached hydrogens (primary N) is 2. The van der Waals surface area contributed by atoms with Crippen LogP contribution in [0.5, 0.6) is 0 Å². The molecular weight excluding hydrogens is 712 g/mol. The molecule has 0 saturated carbocycles. The maximum Gasteiger partial charge on any atom is 2.00 e. The molecule has 0 aliphatic heterocycles. The number of halogens is 8. The number of fused-ring (bicyclic) bond motifs is 2. The van der Waals surface area contributed by atoms with E-state index in [4.69, 9.17) is 11.5 Å². The van der Waals surface area contributed by atoms with E-state index in [9.17, 15) is 35.9 Å². The minimum atomic E-state index is -4.59. The third-order valence-electron chi connectivity index (χ3n) is 4.15. The molecule has 4 N–H and O–H groups in total. The molecule has 0 radical (unpaired) electrons. The Labute approximate surface area is 218 Å². The van der Waals surface area contributed by atoms with Gasteiger partial charge in [-0.15, -0.1) is 0 Å². The first-order valence-electron chi connectivity index (χ1n) is 8.57. The second-order valence-electron chi connectivity index (χ2n) is 6.46. The van der Waals surface area contributed by atoms with Gasteiger partial charge in [-0.05, 0) is 24.3 Å². The molecule has 0 saturated heterocycles. The molecule has 35 heavy (non-hydrogen) atoms. The summed E-state index contributed by atoms with van der Waals surface area (Å²) in [4.78, 5) is 21.9. The van der Waals surface area contributed by atoms with Crippen LogP contribution in [0.2, 0.25) is 0 Å². The van der Waals surface area contributed by atoms with Crippen molar-refractivity contribution in [3.63, 3.8) is 0 Å². The molecule has 192 valence electrons. The van der Waals surface area contributed by atoms with Crippen molar-refractivity contribution in [3.8, 4) is 0 Å². The number of hydrogen-bond acceptors (Lipinski definition) is 6. The summed E-state index contributed by atoms with van der Waals surface area (Å²) < 4.78 is 84.8. The van der Waals surface area contributed by atoms with Crippen LogP contribution in [0, 0.1) is 0 Å². The van der Waals surface area contributed by atoms with E-state index in [-0.39, 0.29) is 79.2 Å². The third-order valence-corrected chi connectivity index (χ3v) is 4.15. The smallest absolute Gasteiger partial charge is 1.00 e. The maximum absolute atomic E-state index is 12.6. The summed E-state index contributed by atoms with van der Waals surface area (Å²) >= 11 is 0. The maximum atomic E-state index is 12.6. The van der Waals surface area contributed by atoms with E-state index in [0.29, 0.717) is 12.1 Å². The van der Waals surface area contributed by atoms with E-state index >= 15 is 0 Å². The van der Waals surface area contributed by atoms with E-state index in [0.717, 1.165) is 0 Å². The second kappa shape index (κ2) is 11.8. The zero-order valence-electron chi connectivity index (χ0n) is 16.7. The van der Waals surface area contributed by atoms with Gasteiger partial charge in [0.05, 0.1) is 11.1 Å². The van der Waals surface area contributed by atoms with E-state index in [1.165, 1.54) is 36.4 Å². The fourth-order valence-corrected chi connectivity index (χ4v) is 2.83. The van der Waals surface area contributed by atoms with Gasteiger partial charge in [0.25, 0.3) is 0 Å². The van der Waals surface area contributed by atoms with Gasteiger partial charge in [0, 0.05) is 46.4 Å². The van der Waals surface area contributed by atoms with Crippen LogP contribution in [-0.2, 0) is 33.4 Å². The molecule has 0 atom stereocenters. The molecule has 0 spiro atoms. The minimum Gasteiger partial charge on any atom is -1.00 e. The largest absolute Gasteiger partial charge is 2.00 e. The number of alkyl halides is 6. The first kappa shape index (κ1) is 32.3. The molecule has 15 heteroatoms. The molecule has 4 aromatic rings. The van der Waals surface area contributed by atoms with Crippen molar-refractivity contribution in [2.24, 2.45) is 0 Å². The molecule has 0 aliphatic rings. The Morgan fingerprint density at radius 3 is 1.20 bits per heavy atom. The number of hydrogen-bond donors (Lipinski definition) is 2. The Balaban J connectivity index is 0.000000608. The van der Waals surface area contributed by atoms with Gasteiger partial charge in [0.2, 0.25) is 0 Å². The minimum absolute atomic E-state index is 0. The van der Waals surface area contributed by atoms with E-state index in [1.54, 1.807) is 0 Å². The van der Waals surface area contributed by atoms with Crippen LogP contribution in [-0.4, -0.2) is 0 Å². The van der Waals surface area contributed by atoms with Crippen molar-refractivity contribution in [2.45, 2.75) is 12.4 Å². The summed E-state index contributed by atoms with van der Waals surface area (Å²) in [7, 11) is 0. The molecule has 6 nitrogen and oxygen atoms in total. The van der Waals surface area contributed by atoms with Gasteiger partial charge in [-0.3, -0.25) is 0 Å². The Bertz CT molecular complexity index is 1330. The van der Waals surface area contributed by atoms with Crippen LogP contribution in [0.25, 0.3) is 21.9 Å². The Morgan fingerprint density at radius 1 is 0.600 bits per heavy atom. The molecule has 2 aromatic carbocycles. The number of rotatable bonds is 0. The molecule has 2 heterocycles. The SMILES string of the molecule is Nc1ccc2c(C(F)(F)F)cc(=O)oc2c1.Nc1ccc2c(C(F)(F)F)cc(=O)oc2c1.[Cl-].[Cl-].[Pt+2]. The summed E-state index contributed by atoms with van der Waals surface area (Å²) in [5.74, 6) is 0. The van der Waals surface area contributed by atoms with Gasteiger partial charge in [0.15, 0.2) is 0 Å². The summed E-state index contributed by atoms with van der Waals surface area (Å²) in [5, 5.41) is -0.359. The topological polar surface area (TPSA) is 112 Å². The van der Waals surface area contributed by atoms with Crippen LogP contribution < -0.4 is 47.5 Å². The van der Waals surface area contributed by atoms with E-state index in [2.05, 4.69) is 8.83 Å². The predicted octanol–water partition coefficient (Wildman–Crippen LogP) is -1.21. The normalized spacial score (nSPS) is 10.9. The van der Waals surface area contributed by atoms with Gasteiger partial charge in [-0.1, -0.05) is 0 Å². The molecule has 0 bridgehead atoms. The molecular formula is C20H12Cl2F6N2O4Pt. The molecule has 0 unspecified atom stereocenters. The van der Waals surface area contributed by atoms with Crippen LogP contribution in [0.3, 0.4) is 0 Å². The molecule has 2 aromatic heterocycles. The number of anilines is 2. The van der Waals surface area contributed by atoms with Crippen LogP contribution >= 0.6 is 0 Å². The fraction of sp³-hybridized carbons (Fsp3) is 0.100. The average Bonchev–Trinajstić information content (AvgIpc) is 2.65. The van der Waals surface area contributed by atoms with Gasteiger partial charge >= 0.3 is 44.7 Å². The summed E-state index contributed by atoms with van der Waals surface area (Å²) in [5.41, 5.74) is 6.78. The van der Waals surface area contributed by atoms with Crippen molar-refractivity contribution in [3.05, 3.63) is 80.5 Å². The van der Waals surface area contributed by atoms with E-state index < -0.39 is 34.7 Å². The van der Waals surface area contributed by atoms with Gasteiger partial charge < -0.3 is 45.1 Å². The molecule has 0 fully saturated rings. The molecule has 0 aliphatic carbocycles. The predicted molar refractivity (Wildman–Crippen MR) is 104 cm³/mol. The van der Waals surface area contributed by atoms with Gasteiger partial charge in [-0.2, -0.15) is 26.3 Å². The third kappa shape index (κ3) is 7.65. The van der Waals surface area contributed by atoms with Crippen LogP contribution in [0.4, 0.5) is 37.7 Å². The van der Waals surface area contributed by atoms with Gasteiger partial charge in [-0.25, -0.2) is 9.59 Å². The van der Waals surface area contributed by atoms with Crippen molar-refractivity contribution in [1.82, 2.24) is 0 Å². The summed E-state index contributed by atoms with van der Waals surface area (Å²) in [6.07, 6.45) is -9.19. The van der Waals surface area contributed by atoms with Crippen LogP contribution in [0.1, 0.15) is 11.1 Å². The van der Waals surface area contributed by atoms with Crippen molar-refractivity contribution < 1.29 is 81.1 Å². The van der Waals surface area contributed by atoms with Gasteiger partial charge in [0.1, 0.15) is 11.2 Å². The van der Waals surface area contributed by atoms with Crippen molar-refractivity contribution in [1.29, 1.82) is 0 Å². The Hall–Kier alpha value is -2.69. The Morgan fingerprint density at radius 2 is 0.914 bits per heavy atom. The summed E-state index contributed by atoms with van der Waals surface area (Å²) in [6, 6.07) is 8.22. The zero-order valence-corrected chi connectivity index (χ0v) is 20.5. The zero-order chi connectivity index (χ0) is 23.8. The first-order valence-corrected chi connectivity index (χ1v) is 8.57. The standard InChI is InChI=1S/2C10H6F3NO2.2ClH.Pt/c2*11-10(12,13)7-4-9(15)16-8-3-5(14)1-2-6(7)8;;;/h2*1-4H,14H2;2*1H;/q;;;;+2/p-2. The summed E-state index contributed by atoms with van der Waals surface area (Å²) in [6.45, 7) is 0. The monoisotopic (exact) mass is 723 g/mol. The number of nitrogen functional groups attached to an aromatic ring is 2. The Kier molecular flexibility index (Phi) is 10.9. The van der Waals surface area contributed by atoms with Crippen molar-refractivity contribution >= 4 is 33.3 Å². The fourth-order valence-electron chi connectivity index (χ4n) is 2.83.